The Balaban J connectivity index is 1.68. The Hall–Kier alpha value is -4.79. The van der Waals surface area contributed by atoms with Crippen molar-refractivity contribution < 1.29 is 33.7 Å². The number of hydrogen-bond donors (Lipinski definition) is 3. The Morgan fingerprint density at radius 2 is 1.86 bits per heavy atom. The predicted molar refractivity (Wildman–Crippen MR) is 124 cm³/mol. The molecular weight excluding hydrogens is 454 g/mol. The first-order valence-corrected chi connectivity index (χ1v) is 10.6. The highest BCUT2D eigenvalue weighted by Crippen LogP contribution is 2.46. The predicted octanol–water partition coefficient (Wildman–Crippen LogP) is 3.18. The van der Waals surface area contributed by atoms with Crippen LogP contribution in [0.5, 0.6) is 23.0 Å². The van der Waals surface area contributed by atoms with Crippen molar-refractivity contribution in [2.45, 2.75) is 12.3 Å². The molecule has 1 amide bonds. The summed E-state index contributed by atoms with van der Waals surface area (Å²) in [6, 6.07) is 14.0. The minimum atomic E-state index is -0.630. The fraction of sp³-hybridized carbons (Fsp3) is 0.115. The minimum absolute atomic E-state index is 0.0440. The molecular formula is C26H19NO8. The van der Waals surface area contributed by atoms with Gasteiger partial charge in [0.2, 0.25) is 5.43 Å². The Bertz CT molecular complexity index is 1540. The third kappa shape index (κ3) is 4.04. The summed E-state index contributed by atoms with van der Waals surface area (Å²) in [5, 5.41) is 20.2. The van der Waals surface area contributed by atoms with Crippen molar-refractivity contribution in [2.24, 2.45) is 5.73 Å². The quantitative estimate of drug-likeness (QED) is 0.296. The first-order valence-electron chi connectivity index (χ1n) is 10.6. The van der Waals surface area contributed by atoms with Gasteiger partial charge in [-0.25, -0.2) is 0 Å². The summed E-state index contributed by atoms with van der Waals surface area (Å²) < 4.78 is 16.6. The number of phenols is 2. The van der Waals surface area contributed by atoms with Crippen LogP contribution in [0.2, 0.25) is 0 Å². The molecule has 35 heavy (non-hydrogen) atoms. The number of hydrogen-bond acceptors (Lipinski definition) is 8. The number of fused-ring (bicyclic) bond motifs is 3. The molecule has 9 nitrogen and oxygen atoms in total. The molecule has 1 aliphatic heterocycles. The van der Waals surface area contributed by atoms with Gasteiger partial charge < -0.3 is 29.8 Å². The highest BCUT2D eigenvalue weighted by molar-refractivity contribution is 5.94. The van der Waals surface area contributed by atoms with E-state index in [1.54, 1.807) is 36.4 Å². The number of amides is 1. The van der Waals surface area contributed by atoms with E-state index in [4.69, 9.17) is 19.6 Å². The van der Waals surface area contributed by atoms with Crippen molar-refractivity contribution in [3.8, 4) is 34.1 Å². The second-order valence-electron chi connectivity index (χ2n) is 8.10. The van der Waals surface area contributed by atoms with Gasteiger partial charge in [0.25, 0.3) is 5.91 Å². The molecule has 3 aromatic carbocycles. The van der Waals surface area contributed by atoms with Crippen molar-refractivity contribution >= 4 is 22.8 Å². The van der Waals surface area contributed by atoms with E-state index in [1.807, 2.05) is 0 Å². The van der Waals surface area contributed by atoms with E-state index in [9.17, 15) is 24.6 Å². The third-order valence-electron chi connectivity index (χ3n) is 5.79. The van der Waals surface area contributed by atoms with Crippen molar-refractivity contribution in [3.05, 3.63) is 82.2 Å². The second kappa shape index (κ2) is 8.53. The first-order chi connectivity index (χ1) is 16.8. The van der Waals surface area contributed by atoms with E-state index in [0.717, 1.165) is 0 Å². The molecule has 0 saturated heterocycles. The molecule has 0 bridgehead atoms. The lowest BCUT2D eigenvalue weighted by molar-refractivity contribution is -0.135. The standard InChI is InChI=1S/C26H19NO8/c27-21(30)12-33-16-3-1-2-14(8-16)17-9-22(31)35-20-10-19(29)24-25(32)18(11-34-26(24)23(17)20)13-4-6-15(28)7-5-13/h1-8,10-11,17,28-29H,9,12H2,(H2,27,30)/t17-/m1/s1. The van der Waals surface area contributed by atoms with Gasteiger partial charge in [-0.15, -0.1) is 0 Å². The molecule has 4 aromatic rings. The van der Waals surface area contributed by atoms with Crippen LogP contribution in [-0.4, -0.2) is 28.7 Å². The maximum Gasteiger partial charge on any atom is 0.312 e. The van der Waals surface area contributed by atoms with Gasteiger partial charge in [0.15, 0.2) is 6.61 Å². The highest BCUT2D eigenvalue weighted by atomic mass is 16.5. The number of benzene rings is 3. The summed E-state index contributed by atoms with van der Waals surface area (Å²) in [5.41, 5.74) is 6.54. The van der Waals surface area contributed by atoms with Crippen LogP contribution in [0.1, 0.15) is 23.5 Å². The number of nitrogens with two attached hydrogens (primary N) is 1. The average molecular weight is 473 g/mol. The van der Waals surface area contributed by atoms with Gasteiger partial charge in [-0.3, -0.25) is 14.4 Å². The third-order valence-corrected chi connectivity index (χ3v) is 5.79. The lowest BCUT2D eigenvalue weighted by Gasteiger charge is -2.26. The van der Waals surface area contributed by atoms with Gasteiger partial charge in [0.05, 0.1) is 12.0 Å². The van der Waals surface area contributed by atoms with Crippen LogP contribution in [0, 0.1) is 0 Å². The molecule has 5 rings (SSSR count). The molecule has 0 aliphatic carbocycles. The van der Waals surface area contributed by atoms with Crippen LogP contribution in [0.4, 0.5) is 0 Å². The number of rotatable bonds is 5. The number of esters is 1. The summed E-state index contributed by atoms with van der Waals surface area (Å²) in [5.74, 6) is -1.61. The number of carbonyl (C=O) groups excluding carboxylic acids is 2. The summed E-state index contributed by atoms with van der Waals surface area (Å²) >= 11 is 0. The number of aromatic hydroxyl groups is 2. The molecule has 176 valence electrons. The van der Waals surface area contributed by atoms with Gasteiger partial charge in [0, 0.05) is 17.5 Å². The van der Waals surface area contributed by atoms with Gasteiger partial charge in [0.1, 0.15) is 40.2 Å². The summed E-state index contributed by atoms with van der Waals surface area (Å²) in [7, 11) is 0. The Kier molecular flexibility index (Phi) is 5.37. The van der Waals surface area contributed by atoms with E-state index in [1.165, 1.54) is 24.5 Å². The SMILES string of the molecule is NC(=O)COc1cccc([C@H]2CC(=O)Oc3cc(O)c4c(=O)c(-c5ccc(O)cc5)coc4c32)c1. The van der Waals surface area contributed by atoms with Crippen LogP contribution in [0.25, 0.3) is 22.1 Å². The number of carbonyl (C=O) groups is 2. The molecule has 1 aromatic heterocycles. The molecule has 0 unspecified atom stereocenters. The lowest BCUT2D eigenvalue weighted by Crippen LogP contribution is -2.22. The normalized spacial score (nSPS) is 14.9. The van der Waals surface area contributed by atoms with Crippen molar-refractivity contribution in [1.82, 2.24) is 0 Å². The second-order valence-corrected chi connectivity index (χ2v) is 8.10. The maximum absolute atomic E-state index is 13.4. The molecule has 0 radical (unpaired) electrons. The van der Waals surface area contributed by atoms with Crippen LogP contribution >= 0.6 is 0 Å². The molecule has 9 heteroatoms. The van der Waals surface area contributed by atoms with E-state index in [-0.39, 0.29) is 46.8 Å². The van der Waals surface area contributed by atoms with Crippen LogP contribution in [0.15, 0.2) is 70.1 Å². The smallest absolute Gasteiger partial charge is 0.312 e. The summed E-state index contributed by atoms with van der Waals surface area (Å²) in [6.45, 7) is -0.307. The topological polar surface area (TPSA) is 149 Å². The molecule has 4 N–H and O–H groups in total. The monoisotopic (exact) mass is 473 g/mol. The fourth-order valence-electron chi connectivity index (χ4n) is 4.23. The lowest BCUT2D eigenvalue weighted by atomic mass is 9.85. The number of ether oxygens (including phenoxy) is 2. The van der Waals surface area contributed by atoms with Gasteiger partial charge in [-0.05, 0) is 35.4 Å². The summed E-state index contributed by atoms with van der Waals surface area (Å²) in [4.78, 5) is 36.8. The summed E-state index contributed by atoms with van der Waals surface area (Å²) in [6.07, 6.45) is 1.23. The molecule has 2 heterocycles. The molecule has 0 fully saturated rings. The van der Waals surface area contributed by atoms with Crippen LogP contribution < -0.4 is 20.6 Å². The average Bonchev–Trinajstić information content (AvgIpc) is 2.83. The first kappa shape index (κ1) is 22.0. The van der Waals surface area contributed by atoms with E-state index in [2.05, 4.69) is 0 Å². The largest absolute Gasteiger partial charge is 0.508 e. The molecule has 0 spiro atoms. The molecule has 1 aliphatic rings. The zero-order valence-electron chi connectivity index (χ0n) is 18.2. The van der Waals surface area contributed by atoms with E-state index >= 15 is 0 Å². The van der Waals surface area contributed by atoms with E-state index < -0.39 is 23.2 Å². The molecule has 0 saturated carbocycles. The zero-order chi connectivity index (χ0) is 24.7. The number of phenolic OH excluding ortho intramolecular Hbond substituents is 2. The Labute approximate surface area is 197 Å². The van der Waals surface area contributed by atoms with Gasteiger partial charge in [-0.2, -0.15) is 0 Å². The van der Waals surface area contributed by atoms with Crippen molar-refractivity contribution in [2.75, 3.05) is 6.61 Å². The Morgan fingerprint density at radius 3 is 2.60 bits per heavy atom. The highest BCUT2D eigenvalue weighted by Gasteiger charge is 2.34. The van der Waals surface area contributed by atoms with Crippen LogP contribution in [-0.2, 0) is 9.59 Å². The van der Waals surface area contributed by atoms with Gasteiger partial charge >= 0.3 is 5.97 Å². The number of primary amides is 1. The minimum Gasteiger partial charge on any atom is -0.508 e. The zero-order valence-corrected chi connectivity index (χ0v) is 18.2. The van der Waals surface area contributed by atoms with Crippen molar-refractivity contribution in [3.63, 3.8) is 0 Å². The molecule has 1 atom stereocenters. The Morgan fingerprint density at radius 1 is 1.09 bits per heavy atom. The van der Waals surface area contributed by atoms with Gasteiger partial charge in [-0.1, -0.05) is 24.3 Å². The maximum atomic E-state index is 13.4. The van der Waals surface area contributed by atoms with Crippen LogP contribution in [0.3, 0.4) is 0 Å². The fourth-order valence-corrected chi connectivity index (χ4v) is 4.23. The van der Waals surface area contributed by atoms with Crippen molar-refractivity contribution in [1.29, 1.82) is 0 Å². The van der Waals surface area contributed by atoms with E-state index in [0.29, 0.717) is 22.4 Å².